The maximum Gasteiger partial charge on any atom is 0.411 e. The molecule has 0 saturated carbocycles. The van der Waals surface area contributed by atoms with E-state index in [1.54, 1.807) is 14.0 Å². The standard InChI is InChI=1S/C35H43N5O4/c1-22(2)31(39(4)35(43)44-32-29-11-7-5-9-27(29)28-10-6-8-12-30(28)32)34(42)37-23(3)33(41)38-26-15-13-24(14-16-26)21-40-19-17-25(36)18-20-40/h5-16,22-23,25,31-32H,17-21,36H2,1-4H3,(H,37,42)(H,38,41)/t23-,31-/m0/s1. The average molecular weight is 598 g/mol. The molecule has 9 nitrogen and oxygen atoms in total. The number of hydrogen-bond acceptors (Lipinski definition) is 6. The molecule has 2 atom stereocenters. The number of piperidine rings is 1. The summed E-state index contributed by atoms with van der Waals surface area (Å²) in [6, 6.07) is 22.1. The molecule has 4 N–H and O–H groups in total. The van der Waals surface area contributed by atoms with Crippen LogP contribution in [0.3, 0.4) is 0 Å². The molecule has 232 valence electrons. The number of likely N-dealkylation sites (tertiary alicyclic amines) is 1. The lowest BCUT2D eigenvalue weighted by atomic mass is 10.0. The van der Waals surface area contributed by atoms with Crippen LogP contribution >= 0.6 is 0 Å². The van der Waals surface area contributed by atoms with Crippen molar-refractivity contribution in [2.45, 2.75) is 64.4 Å². The van der Waals surface area contributed by atoms with E-state index < -0.39 is 30.2 Å². The minimum Gasteiger partial charge on any atom is -0.436 e. The van der Waals surface area contributed by atoms with E-state index in [9.17, 15) is 14.4 Å². The summed E-state index contributed by atoms with van der Waals surface area (Å²) >= 11 is 0. The van der Waals surface area contributed by atoms with Crippen molar-refractivity contribution >= 4 is 23.6 Å². The molecule has 44 heavy (non-hydrogen) atoms. The van der Waals surface area contributed by atoms with Crippen molar-refractivity contribution in [3.63, 3.8) is 0 Å². The fourth-order valence-electron chi connectivity index (χ4n) is 6.14. The first-order chi connectivity index (χ1) is 21.1. The molecule has 3 aromatic carbocycles. The summed E-state index contributed by atoms with van der Waals surface area (Å²) in [4.78, 5) is 43.6. The van der Waals surface area contributed by atoms with E-state index in [2.05, 4.69) is 15.5 Å². The van der Waals surface area contributed by atoms with Crippen LogP contribution in [-0.4, -0.2) is 66.0 Å². The lowest BCUT2D eigenvalue weighted by Crippen LogP contribution is -2.54. The average Bonchev–Trinajstić information content (AvgIpc) is 3.32. The number of anilines is 1. The molecule has 1 heterocycles. The highest BCUT2D eigenvalue weighted by atomic mass is 16.6. The molecule has 2 aliphatic rings. The Labute approximate surface area is 259 Å². The minimum atomic E-state index is -0.840. The van der Waals surface area contributed by atoms with Crippen molar-refractivity contribution in [2.24, 2.45) is 11.7 Å². The van der Waals surface area contributed by atoms with E-state index in [0.717, 1.165) is 54.7 Å². The van der Waals surface area contributed by atoms with Gasteiger partial charge < -0.3 is 21.1 Å². The number of fused-ring (bicyclic) bond motifs is 3. The summed E-state index contributed by atoms with van der Waals surface area (Å²) in [7, 11) is 1.56. The summed E-state index contributed by atoms with van der Waals surface area (Å²) in [6.45, 7) is 8.18. The van der Waals surface area contributed by atoms with Crippen LogP contribution in [0.4, 0.5) is 10.5 Å². The first kappa shape index (κ1) is 31.2. The van der Waals surface area contributed by atoms with Crippen LogP contribution in [0.1, 0.15) is 56.4 Å². The maximum atomic E-state index is 13.4. The number of likely N-dealkylation sites (N-methyl/N-ethyl adjacent to an activating group) is 1. The van der Waals surface area contributed by atoms with Crippen molar-refractivity contribution in [1.82, 2.24) is 15.1 Å². The molecule has 1 fully saturated rings. The van der Waals surface area contributed by atoms with Crippen LogP contribution in [0.15, 0.2) is 72.8 Å². The summed E-state index contributed by atoms with van der Waals surface area (Å²) in [5, 5.41) is 5.68. The van der Waals surface area contributed by atoms with Gasteiger partial charge in [-0.2, -0.15) is 0 Å². The zero-order valence-corrected chi connectivity index (χ0v) is 26.0. The van der Waals surface area contributed by atoms with E-state index in [1.165, 1.54) is 10.5 Å². The fourth-order valence-corrected chi connectivity index (χ4v) is 6.14. The van der Waals surface area contributed by atoms with E-state index in [1.807, 2.05) is 86.6 Å². The molecular weight excluding hydrogens is 554 g/mol. The number of rotatable bonds is 9. The Bertz CT molecular complexity index is 1440. The second-order valence-electron chi connectivity index (χ2n) is 12.3. The first-order valence-corrected chi connectivity index (χ1v) is 15.4. The van der Waals surface area contributed by atoms with Gasteiger partial charge >= 0.3 is 6.09 Å². The van der Waals surface area contributed by atoms with Crippen molar-refractivity contribution in [1.29, 1.82) is 0 Å². The van der Waals surface area contributed by atoms with E-state index in [4.69, 9.17) is 10.5 Å². The van der Waals surface area contributed by atoms with Gasteiger partial charge in [0.1, 0.15) is 12.1 Å². The predicted octanol–water partition coefficient (Wildman–Crippen LogP) is 4.92. The lowest BCUT2D eigenvalue weighted by Gasteiger charge is -2.31. The summed E-state index contributed by atoms with van der Waals surface area (Å²) < 4.78 is 6.02. The Kier molecular flexibility index (Phi) is 9.66. The van der Waals surface area contributed by atoms with Gasteiger partial charge in [-0.3, -0.25) is 19.4 Å². The van der Waals surface area contributed by atoms with Gasteiger partial charge in [-0.25, -0.2) is 4.79 Å². The highest BCUT2D eigenvalue weighted by molar-refractivity contribution is 5.98. The van der Waals surface area contributed by atoms with Gasteiger partial charge in [0, 0.05) is 36.4 Å². The van der Waals surface area contributed by atoms with Gasteiger partial charge in [-0.1, -0.05) is 74.5 Å². The zero-order chi connectivity index (χ0) is 31.4. The predicted molar refractivity (Wildman–Crippen MR) is 172 cm³/mol. The second-order valence-corrected chi connectivity index (χ2v) is 12.3. The van der Waals surface area contributed by atoms with E-state index in [0.29, 0.717) is 11.7 Å². The van der Waals surface area contributed by atoms with Crippen molar-refractivity contribution in [2.75, 3.05) is 25.5 Å². The van der Waals surface area contributed by atoms with Crippen LogP contribution in [-0.2, 0) is 20.9 Å². The molecule has 9 heteroatoms. The highest BCUT2D eigenvalue weighted by Crippen LogP contribution is 2.45. The Morgan fingerprint density at radius 3 is 2.02 bits per heavy atom. The number of benzene rings is 3. The third kappa shape index (κ3) is 6.95. The van der Waals surface area contributed by atoms with Gasteiger partial charge in [-0.15, -0.1) is 0 Å². The third-order valence-corrected chi connectivity index (χ3v) is 8.61. The number of nitrogens with one attached hydrogen (secondary N) is 2. The smallest absolute Gasteiger partial charge is 0.411 e. The number of carbonyl (C=O) groups is 3. The Morgan fingerprint density at radius 1 is 0.886 bits per heavy atom. The number of nitrogens with two attached hydrogens (primary N) is 1. The Morgan fingerprint density at radius 2 is 1.45 bits per heavy atom. The summed E-state index contributed by atoms with van der Waals surface area (Å²) in [5.74, 6) is -0.997. The monoisotopic (exact) mass is 597 g/mol. The molecule has 3 amide bonds. The van der Waals surface area contributed by atoms with Gasteiger partial charge in [-0.05, 0) is 67.6 Å². The number of nitrogens with zero attached hydrogens (tertiary/aromatic N) is 2. The van der Waals surface area contributed by atoms with Crippen LogP contribution in [0.5, 0.6) is 0 Å². The number of ether oxygens (including phenoxy) is 1. The fraction of sp³-hybridized carbons (Fsp3) is 0.400. The van der Waals surface area contributed by atoms with Gasteiger partial charge in [0.2, 0.25) is 11.8 Å². The number of carbonyl (C=O) groups excluding carboxylic acids is 3. The molecule has 0 unspecified atom stereocenters. The topological polar surface area (TPSA) is 117 Å². The molecule has 3 aromatic rings. The van der Waals surface area contributed by atoms with Crippen LogP contribution < -0.4 is 16.4 Å². The Balaban J connectivity index is 1.17. The van der Waals surface area contributed by atoms with Crippen molar-refractivity contribution in [3.8, 4) is 11.1 Å². The Hall–Kier alpha value is -4.21. The highest BCUT2D eigenvalue weighted by Gasteiger charge is 2.36. The SMILES string of the molecule is CC(C)[C@@H](C(=O)N[C@@H](C)C(=O)Nc1ccc(CN2CCC(N)CC2)cc1)N(C)C(=O)OC1c2ccccc2-c2ccccc21. The number of hydrogen-bond donors (Lipinski definition) is 3. The normalized spacial score (nSPS) is 16.5. The summed E-state index contributed by atoms with van der Waals surface area (Å²) in [6.07, 6.45) is 0.841. The molecule has 0 spiro atoms. The first-order valence-electron chi connectivity index (χ1n) is 15.4. The van der Waals surface area contributed by atoms with Gasteiger partial charge in [0.15, 0.2) is 6.10 Å². The second kappa shape index (κ2) is 13.6. The number of amides is 3. The van der Waals surface area contributed by atoms with Crippen LogP contribution in [0.25, 0.3) is 11.1 Å². The van der Waals surface area contributed by atoms with Crippen molar-refractivity contribution in [3.05, 3.63) is 89.5 Å². The molecular formula is C35H43N5O4. The summed E-state index contributed by atoms with van der Waals surface area (Å²) in [5.41, 5.74) is 11.7. The molecule has 1 aliphatic heterocycles. The zero-order valence-electron chi connectivity index (χ0n) is 26.0. The molecule has 1 saturated heterocycles. The maximum absolute atomic E-state index is 13.4. The minimum absolute atomic E-state index is 0.228. The van der Waals surface area contributed by atoms with Crippen LogP contribution in [0.2, 0.25) is 0 Å². The van der Waals surface area contributed by atoms with Gasteiger partial charge in [0.05, 0.1) is 0 Å². The van der Waals surface area contributed by atoms with E-state index >= 15 is 0 Å². The lowest BCUT2D eigenvalue weighted by molar-refractivity contribution is -0.130. The quantitative estimate of drug-likeness (QED) is 0.323. The molecule has 0 aromatic heterocycles. The molecule has 5 rings (SSSR count). The largest absolute Gasteiger partial charge is 0.436 e. The molecule has 0 bridgehead atoms. The van der Waals surface area contributed by atoms with Crippen molar-refractivity contribution < 1.29 is 19.1 Å². The third-order valence-electron chi connectivity index (χ3n) is 8.61. The van der Waals surface area contributed by atoms with E-state index in [-0.39, 0.29) is 11.8 Å². The van der Waals surface area contributed by atoms with Crippen LogP contribution in [0, 0.1) is 5.92 Å². The van der Waals surface area contributed by atoms with Gasteiger partial charge in [0.25, 0.3) is 0 Å². The molecule has 0 radical (unpaired) electrons. The molecule has 1 aliphatic carbocycles.